The summed E-state index contributed by atoms with van der Waals surface area (Å²) in [7, 11) is 0. The van der Waals surface area contributed by atoms with Gasteiger partial charge < -0.3 is 5.11 Å². The van der Waals surface area contributed by atoms with Crippen molar-refractivity contribution in [2.24, 2.45) is 0 Å². The maximum absolute atomic E-state index is 12.1. The molecule has 0 bridgehead atoms. The summed E-state index contributed by atoms with van der Waals surface area (Å²) in [5, 5.41) is 11.1. The normalized spacial score (nSPS) is 10.5. The van der Waals surface area contributed by atoms with E-state index >= 15 is 0 Å². The quantitative estimate of drug-likeness (QED) is 0.810. The summed E-state index contributed by atoms with van der Waals surface area (Å²) >= 11 is 11.0. The molecule has 2 aromatic rings. The fraction of sp³-hybridized carbons (Fsp3) is 0.250. The number of rotatable bonds is 4. The van der Waals surface area contributed by atoms with Crippen LogP contribution in [0.5, 0.6) is 5.88 Å². The SMILES string of the molecule is CCC(=Cc1c(O)n(-c2ccc(Cl)cc2)c(=S)[nH]c1=O)CC. The van der Waals surface area contributed by atoms with Gasteiger partial charge >= 0.3 is 0 Å². The van der Waals surface area contributed by atoms with Gasteiger partial charge in [0.25, 0.3) is 5.56 Å². The Morgan fingerprint density at radius 1 is 1.32 bits per heavy atom. The summed E-state index contributed by atoms with van der Waals surface area (Å²) in [6, 6.07) is 6.85. The zero-order valence-electron chi connectivity index (χ0n) is 12.4. The molecule has 0 saturated heterocycles. The molecule has 0 saturated carbocycles. The number of benzene rings is 1. The summed E-state index contributed by atoms with van der Waals surface area (Å²) in [6.45, 7) is 4.02. The van der Waals surface area contributed by atoms with Gasteiger partial charge in [0.15, 0.2) is 4.77 Å². The van der Waals surface area contributed by atoms with E-state index in [1.165, 1.54) is 4.57 Å². The minimum atomic E-state index is -0.396. The van der Waals surface area contributed by atoms with Crippen LogP contribution < -0.4 is 5.56 Å². The molecule has 0 atom stereocenters. The monoisotopic (exact) mass is 336 g/mol. The predicted octanol–water partition coefficient (Wildman–Crippen LogP) is 4.46. The zero-order chi connectivity index (χ0) is 16.3. The van der Waals surface area contributed by atoms with Gasteiger partial charge in [-0.2, -0.15) is 0 Å². The summed E-state index contributed by atoms with van der Waals surface area (Å²) in [5.74, 6) is -0.171. The van der Waals surface area contributed by atoms with Crippen LogP contribution in [-0.4, -0.2) is 14.7 Å². The fourth-order valence-electron chi connectivity index (χ4n) is 2.16. The van der Waals surface area contributed by atoms with E-state index in [1.54, 1.807) is 30.3 Å². The highest BCUT2D eigenvalue weighted by Gasteiger charge is 2.12. The molecule has 2 N–H and O–H groups in total. The highest BCUT2D eigenvalue weighted by atomic mass is 35.5. The molecule has 6 heteroatoms. The van der Waals surface area contributed by atoms with Gasteiger partial charge in [-0.25, -0.2) is 0 Å². The number of hydrogen-bond donors (Lipinski definition) is 2. The molecule has 0 aliphatic rings. The third-order valence-corrected chi connectivity index (χ3v) is 4.00. The fourth-order valence-corrected chi connectivity index (χ4v) is 2.57. The van der Waals surface area contributed by atoms with Gasteiger partial charge in [-0.1, -0.05) is 31.0 Å². The molecule has 1 aromatic carbocycles. The first kappa shape index (κ1) is 16.5. The number of halogens is 1. The molecule has 0 unspecified atom stereocenters. The van der Waals surface area contributed by atoms with Crippen molar-refractivity contribution in [1.29, 1.82) is 0 Å². The molecule has 22 heavy (non-hydrogen) atoms. The number of aromatic amines is 1. The summed E-state index contributed by atoms with van der Waals surface area (Å²) < 4.78 is 1.55. The van der Waals surface area contributed by atoms with Crippen molar-refractivity contribution in [2.45, 2.75) is 26.7 Å². The third kappa shape index (κ3) is 3.31. The second-order valence-corrected chi connectivity index (χ2v) is 5.64. The summed E-state index contributed by atoms with van der Waals surface area (Å²) in [6.07, 6.45) is 3.34. The van der Waals surface area contributed by atoms with E-state index in [0.717, 1.165) is 18.4 Å². The summed E-state index contributed by atoms with van der Waals surface area (Å²) in [5.41, 5.74) is 1.52. The Balaban J connectivity index is 2.71. The number of hydrogen-bond acceptors (Lipinski definition) is 3. The Labute approximate surface area is 138 Å². The number of nitrogens with zero attached hydrogens (tertiary/aromatic N) is 1. The molecule has 0 aliphatic heterocycles. The van der Waals surface area contributed by atoms with Crippen LogP contribution in [0.15, 0.2) is 34.6 Å². The van der Waals surface area contributed by atoms with E-state index in [0.29, 0.717) is 10.7 Å². The summed E-state index contributed by atoms with van der Waals surface area (Å²) in [4.78, 5) is 14.7. The first-order valence-electron chi connectivity index (χ1n) is 7.01. The van der Waals surface area contributed by atoms with Gasteiger partial charge in [0.05, 0.1) is 5.69 Å². The van der Waals surface area contributed by atoms with Gasteiger partial charge in [0.2, 0.25) is 5.88 Å². The lowest BCUT2D eigenvalue weighted by Crippen LogP contribution is -2.16. The van der Waals surface area contributed by atoms with Crippen molar-refractivity contribution in [3.8, 4) is 11.6 Å². The lowest BCUT2D eigenvalue weighted by molar-refractivity contribution is 0.432. The second-order valence-electron chi connectivity index (χ2n) is 4.82. The van der Waals surface area contributed by atoms with Gasteiger partial charge in [0, 0.05) is 5.02 Å². The topological polar surface area (TPSA) is 58.0 Å². The Bertz CT molecular complexity index is 814. The van der Waals surface area contributed by atoms with Crippen molar-refractivity contribution in [2.75, 3.05) is 0 Å². The van der Waals surface area contributed by atoms with Crippen LogP contribution in [0, 0.1) is 4.77 Å². The molecule has 0 radical (unpaired) electrons. The molecular weight excluding hydrogens is 320 g/mol. The number of H-pyrrole nitrogens is 1. The van der Waals surface area contributed by atoms with Crippen LogP contribution in [0.1, 0.15) is 32.3 Å². The van der Waals surface area contributed by atoms with Crippen LogP contribution in [0.4, 0.5) is 0 Å². The minimum Gasteiger partial charge on any atom is -0.494 e. The Morgan fingerprint density at radius 2 is 1.91 bits per heavy atom. The first-order chi connectivity index (χ1) is 10.5. The van der Waals surface area contributed by atoms with E-state index in [-0.39, 0.29) is 16.2 Å². The van der Waals surface area contributed by atoms with E-state index in [9.17, 15) is 9.90 Å². The minimum absolute atomic E-state index is 0.136. The number of nitrogens with one attached hydrogen (secondary N) is 1. The van der Waals surface area contributed by atoms with Crippen LogP contribution in [0.25, 0.3) is 11.8 Å². The smallest absolute Gasteiger partial charge is 0.262 e. The van der Waals surface area contributed by atoms with Crippen LogP contribution in [-0.2, 0) is 0 Å². The standard InChI is InChI=1S/C16H17ClN2O2S/c1-3-10(4-2)9-13-14(20)18-16(22)19(15(13)21)12-7-5-11(17)6-8-12/h5-9,21H,3-4H2,1-2H3,(H,18,20,22). The van der Waals surface area contributed by atoms with Crippen molar-refractivity contribution < 1.29 is 5.11 Å². The molecule has 2 rings (SSSR count). The maximum Gasteiger partial charge on any atom is 0.262 e. The lowest BCUT2D eigenvalue weighted by Gasteiger charge is -2.12. The first-order valence-corrected chi connectivity index (χ1v) is 7.80. The molecule has 1 heterocycles. The largest absolute Gasteiger partial charge is 0.494 e. The average Bonchev–Trinajstić information content (AvgIpc) is 2.49. The van der Waals surface area contributed by atoms with Crippen molar-refractivity contribution in [3.63, 3.8) is 0 Å². The molecule has 1 aromatic heterocycles. The number of aromatic hydroxyl groups is 1. The Hall–Kier alpha value is -1.85. The zero-order valence-corrected chi connectivity index (χ0v) is 14.0. The average molecular weight is 337 g/mol. The molecule has 0 amide bonds. The molecule has 116 valence electrons. The van der Waals surface area contributed by atoms with Crippen LogP contribution in [0.3, 0.4) is 0 Å². The highest BCUT2D eigenvalue weighted by molar-refractivity contribution is 7.71. The van der Waals surface area contributed by atoms with Crippen LogP contribution in [0.2, 0.25) is 5.02 Å². The van der Waals surface area contributed by atoms with E-state index in [4.69, 9.17) is 23.8 Å². The van der Waals surface area contributed by atoms with Gasteiger partial charge in [-0.05, 0) is 55.4 Å². The molecule has 0 aliphatic carbocycles. The molecular formula is C16H17ClN2O2S. The van der Waals surface area contributed by atoms with Gasteiger partial charge in [0.1, 0.15) is 5.56 Å². The molecule has 0 fully saturated rings. The molecule has 4 nitrogen and oxygen atoms in total. The predicted molar refractivity (Wildman–Crippen MR) is 92.5 cm³/mol. The number of allylic oxidation sites excluding steroid dienone is 1. The van der Waals surface area contributed by atoms with Crippen molar-refractivity contribution in [1.82, 2.24) is 9.55 Å². The Kier molecular flexibility index (Phi) is 5.21. The van der Waals surface area contributed by atoms with Gasteiger partial charge in [-0.15, -0.1) is 0 Å². The maximum atomic E-state index is 12.1. The van der Waals surface area contributed by atoms with E-state index in [1.807, 2.05) is 13.8 Å². The van der Waals surface area contributed by atoms with E-state index in [2.05, 4.69) is 4.98 Å². The molecule has 0 spiro atoms. The second kappa shape index (κ2) is 6.94. The highest BCUT2D eigenvalue weighted by Crippen LogP contribution is 2.23. The number of aromatic nitrogens is 2. The lowest BCUT2D eigenvalue weighted by atomic mass is 10.1. The van der Waals surface area contributed by atoms with Crippen molar-refractivity contribution in [3.05, 3.63) is 55.5 Å². The van der Waals surface area contributed by atoms with E-state index < -0.39 is 5.56 Å². The van der Waals surface area contributed by atoms with Crippen molar-refractivity contribution >= 4 is 29.9 Å². The van der Waals surface area contributed by atoms with Crippen LogP contribution >= 0.6 is 23.8 Å². The third-order valence-electron chi connectivity index (χ3n) is 3.46. The van der Waals surface area contributed by atoms with Gasteiger partial charge in [-0.3, -0.25) is 14.3 Å². The Morgan fingerprint density at radius 3 is 2.45 bits per heavy atom.